The van der Waals surface area contributed by atoms with Crippen molar-refractivity contribution in [3.63, 3.8) is 0 Å². The van der Waals surface area contributed by atoms with E-state index in [1.807, 2.05) is 0 Å². The SMILES string of the molecule is COC(=O)c1ccc(/C=C/C(=O)Nc2cc(C)nn2-c2ccc(C(F)(F)F)cn2)cc1. The second-order valence-electron chi connectivity index (χ2n) is 6.42. The minimum absolute atomic E-state index is 0.124. The van der Waals surface area contributed by atoms with Crippen molar-refractivity contribution in [1.82, 2.24) is 14.8 Å². The highest BCUT2D eigenvalue weighted by atomic mass is 19.4. The molecule has 3 rings (SSSR count). The Hall–Kier alpha value is -3.95. The maximum atomic E-state index is 12.7. The first-order valence-corrected chi connectivity index (χ1v) is 8.95. The summed E-state index contributed by atoms with van der Waals surface area (Å²) in [6, 6.07) is 10.1. The number of aromatic nitrogens is 3. The maximum Gasteiger partial charge on any atom is 0.417 e. The van der Waals surface area contributed by atoms with Gasteiger partial charge in [-0.2, -0.15) is 23.0 Å². The largest absolute Gasteiger partial charge is 0.465 e. The molecule has 2 aromatic heterocycles. The number of pyridine rings is 1. The van der Waals surface area contributed by atoms with E-state index in [0.717, 1.165) is 6.07 Å². The summed E-state index contributed by atoms with van der Waals surface area (Å²) < 4.78 is 44.1. The van der Waals surface area contributed by atoms with Crippen molar-refractivity contribution in [2.45, 2.75) is 13.1 Å². The number of nitrogens with one attached hydrogen (secondary N) is 1. The lowest BCUT2D eigenvalue weighted by molar-refractivity contribution is -0.137. The molecule has 160 valence electrons. The number of amides is 1. The molecular formula is C21H17F3N4O3. The van der Waals surface area contributed by atoms with Crippen molar-refractivity contribution < 1.29 is 27.5 Å². The zero-order chi connectivity index (χ0) is 22.6. The van der Waals surface area contributed by atoms with Crippen LogP contribution in [0, 0.1) is 6.92 Å². The molecular weight excluding hydrogens is 413 g/mol. The van der Waals surface area contributed by atoms with E-state index >= 15 is 0 Å². The first-order chi connectivity index (χ1) is 14.7. The molecule has 0 aliphatic heterocycles. The van der Waals surface area contributed by atoms with Crippen LogP contribution < -0.4 is 5.32 Å². The van der Waals surface area contributed by atoms with Crippen LogP contribution in [0.4, 0.5) is 19.0 Å². The van der Waals surface area contributed by atoms with Crippen molar-refractivity contribution >= 4 is 23.8 Å². The Morgan fingerprint density at radius 3 is 2.42 bits per heavy atom. The quantitative estimate of drug-likeness (QED) is 0.488. The Bertz CT molecular complexity index is 1120. The van der Waals surface area contributed by atoms with E-state index in [0.29, 0.717) is 23.0 Å². The lowest BCUT2D eigenvalue weighted by Gasteiger charge is -2.09. The molecule has 0 fully saturated rings. The van der Waals surface area contributed by atoms with Crippen LogP contribution in [0.1, 0.15) is 27.2 Å². The normalized spacial score (nSPS) is 11.5. The van der Waals surface area contributed by atoms with E-state index in [1.54, 1.807) is 43.3 Å². The molecule has 7 nitrogen and oxygen atoms in total. The summed E-state index contributed by atoms with van der Waals surface area (Å²) in [5.74, 6) is -0.571. The highest BCUT2D eigenvalue weighted by Crippen LogP contribution is 2.29. The van der Waals surface area contributed by atoms with Gasteiger partial charge in [0.05, 0.1) is 23.9 Å². The molecule has 0 saturated heterocycles. The predicted molar refractivity (Wildman–Crippen MR) is 107 cm³/mol. The average molecular weight is 430 g/mol. The van der Waals surface area contributed by atoms with Gasteiger partial charge in [-0.25, -0.2) is 9.78 Å². The topological polar surface area (TPSA) is 86.1 Å². The summed E-state index contributed by atoms with van der Waals surface area (Å²) in [6.07, 6.45) is -0.974. The molecule has 0 aliphatic carbocycles. The average Bonchev–Trinajstić information content (AvgIpc) is 3.11. The number of nitrogens with zero attached hydrogens (tertiary/aromatic N) is 3. The Morgan fingerprint density at radius 2 is 1.84 bits per heavy atom. The summed E-state index contributed by atoms with van der Waals surface area (Å²) in [4.78, 5) is 27.5. The van der Waals surface area contributed by atoms with Crippen molar-refractivity contribution in [3.8, 4) is 5.82 Å². The zero-order valence-electron chi connectivity index (χ0n) is 16.5. The monoisotopic (exact) mass is 430 g/mol. The van der Waals surface area contributed by atoms with Gasteiger partial charge >= 0.3 is 12.1 Å². The minimum Gasteiger partial charge on any atom is -0.465 e. The van der Waals surface area contributed by atoms with E-state index in [1.165, 1.54) is 23.9 Å². The van der Waals surface area contributed by atoms with E-state index in [-0.39, 0.29) is 11.6 Å². The standard InChI is InChI=1S/C21H17F3N4O3/c1-13-11-18(28(27-13)17-9-8-16(12-25-17)21(22,23)24)26-19(29)10-5-14-3-6-15(7-4-14)20(30)31-2/h3-12H,1-2H3,(H,26,29)/b10-5+. The summed E-state index contributed by atoms with van der Waals surface area (Å²) in [6.45, 7) is 1.68. The summed E-state index contributed by atoms with van der Waals surface area (Å²) in [5.41, 5.74) is 0.718. The molecule has 0 saturated carbocycles. The van der Waals surface area contributed by atoms with Gasteiger partial charge < -0.3 is 10.1 Å². The molecule has 0 aliphatic rings. The summed E-state index contributed by atoms with van der Waals surface area (Å²) in [5, 5.41) is 6.79. The number of carbonyl (C=O) groups is 2. The van der Waals surface area contributed by atoms with Gasteiger partial charge in [0.15, 0.2) is 5.82 Å². The van der Waals surface area contributed by atoms with Crippen LogP contribution in [0.25, 0.3) is 11.9 Å². The van der Waals surface area contributed by atoms with Crippen molar-refractivity contribution in [2.24, 2.45) is 0 Å². The molecule has 0 spiro atoms. The number of hydrogen-bond donors (Lipinski definition) is 1. The van der Waals surface area contributed by atoms with Crippen molar-refractivity contribution in [1.29, 1.82) is 0 Å². The zero-order valence-corrected chi connectivity index (χ0v) is 16.5. The van der Waals surface area contributed by atoms with Crippen molar-refractivity contribution in [3.05, 3.63) is 77.1 Å². The third-order valence-electron chi connectivity index (χ3n) is 4.13. The van der Waals surface area contributed by atoms with E-state index < -0.39 is 23.6 Å². The first kappa shape index (κ1) is 21.8. The van der Waals surface area contributed by atoms with E-state index in [2.05, 4.69) is 20.1 Å². The third kappa shape index (κ3) is 5.35. The number of aryl methyl sites for hydroxylation is 1. The second-order valence-corrected chi connectivity index (χ2v) is 6.42. The Balaban J connectivity index is 1.74. The van der Waals surface area contributed by atoms with Gasteiger partial charge in [-0.15, -0.1) is 0 Å². The van der Waals surface area contributed by atoms with Crippen LogP contribution in [0.3, 0.4) is 0 Å². The number of benzene rings is 1. The molecule has 0 bridgehead atoms. The Morgan fingerprint density at radius 1 is 1.13 bits per heavy atom. The van der Waals surface area contributed by atoms with Crippen LogP contribution >= 0.6 is 0 Å². The van der Waals surface area contributed by atoms with Gasteiger partial charge in [0.2, 0.25) is 5.91 Å². The predicted octanol–water partition coefficient (Wildman–Crippen LogP) is 4.03. The Kier molecular flexibility index (Phi) is 6.19. The first-order valence-electron chi connectivity index (χ1n) is 8.95. The molecule has 1 aromatic carbocycles. The fraction of sp³-hybridized carbons (Fsp3) is 0.143. The fourth-order valence-corrected chi connectivity index (χ4v) is 2.63. The lowest BCUT2D eigenvalue weighted by atomic mass is 10.1. The minimum atomic E-state index is -4.50. The van der Waals surface area contributed by atoms with Gasteiger partial charge in [0.25, 0.3) is 0 Å². The smallest absolute Gasteiger partial charge is 0.417 e. The number of methoxy groups -OCH3 is 1. The van der Waals surface area contributed by atoms with Gasteiger partial charge in [-0.1, -0.05) is 12.1 Å². The molecule has 10 heteroatoms. The molecule has 3 aromatic rings. The van der Waals surface area contributed by atoms with Crippen molar-refractivity contribution in [2.75, 3.05) is 12.4 Å². The van der Waals surface area contributed by atoms with Gasteiger partial charge in [0.1, 0.15) is 5.82 Å². The van der Waals surface area contributed by atoms with Gasteiger partial charge in [0, 0.05) is 18.3 Å². The number of alkyl halides is 3. The molecule has 0 unspecified atom stereocenters. The van der Waals surface area contributed by atoms with E-state index in [4.69, 9.17) is 0 Å². The number of carbonyl (C=O) groups excluding carboxylic acids is 2. The maximum absolute atomic E-state index is 12.7. The summed E-state index contributed by atoms with van der Waals surface area (Å²) >= 11 is 0. The fourth-order valence-electron chi connectivity index (χ4n) is 2.63. The molecule has 1 amide bonds. The lowest BCUT2D eigenvalue weighted by Crippen LogP contribution is -2.13. The molecule has 1 N–H and O–H groups in total. The number of esters is 1. The van der Waals surface area contributed by atoms with E-state index in [9.17, 15) is 22.8 Å². The van der Waals surface area contributed by atoms with Gasteiger partial charge in [-0.3, -0.25) is 4.79 Å². The third-order valence-corrected chi connectivity index (χ3v) is 4.13. The number of rotatable bonds is 5. The van der Waals surface area contributed by atoms with Crippen LogP contribution in [0.2, 0.25) is 0 Å². The van der Waals surface area contributed by atoms with Crippen LogP contribution in [0.15, 0.2) is 54.7 Å². The molecule has 0 atom stereocenters. The second kappa shape index (κ2) is 8.82. The molecule has 31 heavy (non-hydrogen) atoms. The van der Waals surface area contributed by atoms with Gasteiger partial charge in [-0.05, 0) is 42.8 Å². The Labute approximate surface area is 175 Å². The summed E-state index contributed by atoms with van der Waals surface area (Å²) in [7, 11) is 1.28. The number of anilines is 1. The number of ether oxygens (including phenoxy) is 1. The highest BCUT2D eigenvalue weighted by Gasteiger charge is 2.30. The molecule has 0 radical (unpaired) electrons. The van der Waals surface area contributed by atoms with Crippen LogP contribution in [0.5, 0.6) is 0 Å². The van der Waals surface area contributed by atoms with Crippen LogP contribution in [-0.4, -0.2) is 33.8 Å². The number of hydrogen-bond acceptors (Lipinski definition) is 5. The number of halogens is 3. The highest BCUT2D eigenvalue weighted by molar-refractivity contribution is 6.01. The van der Waals surface area contributed by atoms with Crippen LogP contribution in [-0.2, 0) is 15.7 Å². The molecule has 2 heterocycles.